The number of rotatable bonds is 6. The van der Waals surface area contributed by atoms with Crippen LogP contribution in [0.1, 0.15) is 48.2 Å². The van der Waals surface area contributed by atoms with E-state index in [1.807, 2.05) is 41.6 Å². The molecule has 1 saturated heterocycles. The van der Waals surface area contributed by atoms with Gasteiger partial charge in [-0.3, -0.25) is 9.59 Å². The van der Waals surface area contributed by atoms with Gasteiger partial charge in [-0.05, 0) is 24.3 Å². The predicted octanol–water partition coefficient (Wildman–Crippen LogP) is 3.43. The van der Waals surface area contributed by atoms with Crippen LogP contribution in [0.5, 0.6) is 0 Å². The summed E-state index contributed by atoms with van der Waals surface area (Å²) in [6.07, 6.45) is 2.57. The van der Waals surface area contributed by atoms with E-state index < -0.39 is 0 Å². The topological polar surface area (TPSA) is 62.3 Å². The van der Waals surface area contributed by atoms with Gasteiger partial charge in [-0.15, -0.1) is 22.7 Å². The van der Waals surface area contributed by atoms with E-state index in [0.29, 0.717) is 18.9 Å². The van der Waals surface area contributed by atoms with Crippen molar-refractivity contribution in [3.05, 3.63) is 38.5 Å². The Kier molecular flexibility index (Phi) is 6.43. The first-order chi connectivity index (χ1) is 12.5. The monoisotopic (exact) mass is 391 g/mol. The number of thiophene rings is 1. The fourth-order valence-corrected chi connectivity index (χ4v) is 4.70. The third-order valence-electron chi connectivity index (χ3n) is 4.57. The highest BCUT2D eigenvalue weighted by molar-refractivity contribution is 7.10. The second-order valence-corrected chi connectivity index (χ2v) is 8.91. The number of thiazole rings is 1. The molecule has 0 aromatic carbocycles. The lowest BCUT2D eigenvalue weighted by Gasteiger charge is -2.31. The summed E-state index contributed by atoms with van der Waals surface area (Å²) in [6.45, 7) is 5.82. The highest BCUT2D eigenvalue weighted by atomic mass is 32.1. The van der Waals surface area contributed by atoms with E-state index >= 15 is 0 Å². The van der Waals surface area contributed by atoms with Gasteiger partial charge in [0.25, 0.3) is 0 Å². The number of carbonyl (C=O) groups is 2. The van der Waals surface area contributed by atoms with Crippen molar-refractivity contribution >= 4 is 34.5 Å². The molecule has 1 aliphatic heterocycles. The molecular formula is C19H25N3O2S2. The van der Waals surface area contributed by atoms with Gasteiger partial charge in [0, 0.05) is 35.2 Å². The Morgan fingerprint density at radius 3 is 2.96 bits per heavy atom. The van der Waals surface area contributed by atoms with E-state index in [0.717, 1.165) is 41.5 Å². The van der Waals surface area contributed by atoms with E-state index in [9.17, 15) is 9.59 Å². The molecule has 1 N–H and O–H groups in total. The van der Waals surface area contributed by atoms with Crippen LogP contribution in [0.15, 0.2) is 22.9 Å². The highest BCUT2D eigenvalue weighted by Crippen LogP contribution is 2.29. The Bertz CT molecular complexity index is 740. The Balaban J connectivity index is 1.56. The van der Waals surface area contributed by atoms with Gasteiger partial charge in [-0.25, -0.2) is 4.98 Å². The summed E-state index contributed by atoms with van der Waals surface area (Å²) in [5.74, 6) is 0.533. The molecule has 0 aliphatic carbocycles. The number of nitrogens with one attached hydrogen (secondary N) is 1. The molecule has 26 heavy (non-hydrogen) atoms. The first kappa shape index (κ1) is 19.0. The first-order valence-corrected chi connectivity index (χ1v) is 10.8. The molecule has 3 heterocycles. The van der Waals surface area contributed by atoms with Crippen LogP contribution in [0.4, 0.5) is 0 Å². The van der Waals surface area contributed by atoms with Gasteiger partial charge in [0.1, 0.15) is 0 Å². The van der Waals surface area contributed by atoms with Crippen LogP contribution in [0.2, 0.25) is 0 Å². The maximum atomic E-state index is 12.6. The van der Waals surface area contributed by atoms with Gasteiger partial charge in [0.05, 0.1) is 23.7 Å². The summed E-state index contributed by atoms with van der Waals surface area (Å²) in [7, 11) is 0. The largest absolute Gasteiger partial charge is 0.350 e. The first-order valence-electron chi connectivity index (χ1n) is 9.05. The Morgan fingerprint density at radius 2 is 2.23 bits per heavy atom. The van der Waals surface area contributed by atoms with Crippen LogP contribution in [0.25, 0.3) is 0 Å². The molecule has 2 aromatic rings. The number of nitrogens with zero attached hydrogens (tertiary/aromatic N) is 2. The molecule has 0 bridgehead atoms. The zero-order chi connectivity index (χ0) is 18.5. The lowest BCUT2D eigenvalue weighted by molar-refractivity contribution is -0.131. The van der Waals surface area contributed by atoms with E-state index in [1.165, 1.54) is 0 Å². The average molecular weight is 392 g/mol. The fourth-order valence-electron chi connectivity index (χ4n) is 3.05. The van der Waals surface area contributed by atoms with E-state index in [1.54, 1.807) is 22.7 Å². The second-order valence-electron chi connectivity index (χ2n) is 6.98. The second kappa shape index (κ2) is 8.77. The van der Waals surface area contributed by atoms with E-state index in [4.69, 9.17) is 4.98 Å². The number of hydrogen-bond donors (Lipinski definition) is 1. The summed E-state index contributed by atoms with van der Waals surface area (Å²) >= 11 is 3.27. The molecule has 0 unspecified atom stereocenters. The summed E-state index contributed by atoms with van der Waals surface area (Å²) < 4.78 is 0. The zero-order valence-corrected chi connectivity index (χ0v) is 16.9. The number of likely N-dealkylation sites (tertiary alicyclic amines) is 1. The molecule has 2 aromatic heterocycles. The number of aromatic nitrogens is 1. The molecule has 1 aliphatic rings. The van der Waals surface area contributed by atoms with Gasteiger partial charge in [0.15, 0.2) is 0 Å². The number of piperidine rings is 1. The Hall–Kier alpha value is -1.73. The van der Waals surface area contributed by atoms with Crippen molar-refractivity contribution in [3.63, 3.8) is 0 Å². The van der Waals surface area contributed by atoms with Crippen molar-refractivity contribution in [3.8, 4) is 0 Å². The molecule has 0 spiro atoms. The Labute approximate surface area is 162 Å². The third-order valence-corrected chi connectivity index (χ3v) is 6.50. The minimum Gasteiger partial charge on any atom is -0.350 e. The van der Waals surface area contributed by atoms with Crippen molar-refractivity contribution in [1.82, 2.24) is 15.2 Å². The number of carbonyl (C=O) groups excluding carboxylic acids is 2. The molecule has 2 amide bonds. The van der Waals surface area contributed by atoms with Gasteiger partial charge >= 0.3 is 0 Å². The molecule has 5 nitrogen and oxygen atoms in total. The summed E-state index contributed by atoms with van der Waals surface area (Å²) in [5.41, 5.74) is 0.904. The maximum Gasteiger partial charge on any atom is 0.227 e. The molecular weight excluding hydrogens is 366 g/mol. The van der Waals surface area contributed by atoms with Crippen LogP contribution in [0.3, 0.4) is 0 Å². The lowest BCUT2D eigenvalue weighted by Crippen LogP contribution is -2.39. The lowest BCUT2D eigenvalue weighted by atomic mass is 9.98. The van der Waals surface area contributed by atoms with E-state index in [-0.39, 0.29) is 17.7 Å². The zero-order valence-electron chi connectivity index (χ0n) is 15.2. The maximum absolute atomic E-state index is 12.6. The normalized spacial score (nSPS) is 17.5. The highest BCUT2D eigenvalue weighted by Gasteiger charge is 2.26. The van der Waals surface area contributed by atoms with Crippen LogP contribution in [0, 0.1) is 5.92 Å². The minimum absolute atomic E-state index is 0.0191. The summed E-state index contributed by atoms with van der Waals surface area (Å²) in [6, 6.07) is 4.00. The van der Waals surface area contributed by atoms with Gasteiger partial charge < -0.3 is 10.2 Å². The van der Waals surface area contributed by atoms with Gasteiger partial charge in [0.2, 0.25) is 11.8 Å². The Morgan fingerprint density at radius 1 is 1.38 bits per heavy atom. The number of amides is 2. The van der Waals surface area contributed by atoms with Gasteiger partial charge in [-0.1, -0.05) is 19.9 Å². The van der Waals surface area contributed by atoms with Crippen LogP contribution in [-0.2, 0) is 22.6 Å². The molecule has 0 radical (unpaired) electrons. The molecule has 7 heteroatoms. The van der Waals surface area contributed by atoms with Crippen molar-refractivity contribution < 1.29 is 9.59 Å². The molecule has 0 saturated carbocycles. The van der Waals surface area contributed by atoms with Crippen molar-refractivity contribution in [2.75, 3.05) is 13.1 Å². The average Bonchev–Trinajstić information content (AvgIpc) is 3.31. The summed E-state index contributed by atoms with van der Waals surface area (Å²) in [4.78, 5) is 32.1. The van der Waals surface area contributed by atoms with Crippen LogP contribution in [-0.4, -0.2) is 34.8 Å². The standard InChI is InChI=1S/C19H25N3O2S2/c1-13(2)18(24)20-10-15-12-26-19(21-15)14-5-3-7-22(11-14)17(23)9-16-6-4-8-25-16/h4,6,8,12-14H,3,5,7,9-11H2,1-2H3,(H,20,24)/t14-/m1/s1. The quantitative estimate of drug-likeness (QED) is 0.821. The van der Waals surface area contributed by atoms with Crippen molar-refractivity contribution in [2.24, 2.45) is 5.92 Å². The molecule has 1 fully saturated rings. The van der Waals surface area contributed by atoms with Crippen molar-refractivity contribution in [2.45, 2.75) is 45.6 Å². The van der Waals surface area contributed by atoms with Crippen LogP contribution >= 0.6 is 22.7 Å². The summed E-state index contributed by atoms with van der Waals surface area (Å²) in [5, 5.41) is 8.01. The number of hydrogen-bond acceptors (Lipinski definition) is 5. The van der Waals surface area contributed by atoms with Crippen LogP contribution < -0.4 is 5.32 Å². The predicted molar refractivity (Wildman–Crippen MR) is 105 cm³/mol. The molecule has 140 valence electrons. The smallest absolute Gasteiger partial charge is 0.227 e. The minimum atomic E-state index is -0.0191. The van der Waals surface area contributed by atoms with Gasteiger partial charge in [-0.2, -0.15) is 0 Å². The third kappa shape index (κ3) is 4.92. The van der Waals surface area contributed by atoms with Crippen molar-refractivity contribution in [1.29, 1.82) is 0 Å². The van der Waals surface area contributed by atoms with E-state index in [2.05, 4.69) is 5.32 Å². The fraction of sp³-hybridized carbons (Fsp3) is 0.526. The SMILES string of the molecule is CC(C)C(=O)NCc1csc([C@@H]2CCCN(C(=O)Cc3cccs3)C2)n1. The molecule has 1 atom stereocenters. The molecule has 3 rings (SSSR count).